The highest BCUT2D eigenvalue weighted by Gasteiger charge is 2.38. The molecule has 3 aromatic rings. The van der Waals surface area contributed by atoms with E-state index in [1.54, 1.807) is 24.3 Å². The third kappa shape index (κ3) is 3.29. The van der Waals surface area contributed by atoms with Gasteiger partial charge in [0.2, 0.25) is 0 Å². The summed E-state index contributed by atoms with van der Waals surface area (Å²) in [4.78, 5) is 0. The van der Waals surface area contributed by atoms with Crippen LogP contribution in [0.1, 0.15) is 17.2 Å². The van der Waals surface area contributed by atoms with E-state index in [1.807, 2.05) is 54.6 Å². The van der Waals surface area contributed by atoms with Crippen molar-refractivity contribution in [3.8, 4) is 5.75 Å². The Kier molecular flexibility index (Phi) is 4.60. The van der Waals surface area contributed by atoms with E-state index in [9.17, 15) is 9.50 Å². The fourth-order valence-corrected chi connectivity index (χ4v) is 3.29. The minimum absolute atomic E-state index is 0.311. The lowest BCUT2D eigenvalue weighted by atomic mass is 9.95. The van der Waals surface area contributed by atoms with Crippen LogP contribution in [-0.2, 0) is 0 Å². The van der Waals surface area contributed by atoms with Crippen molar-refractivity contribution in [2.24, 2.45) is 5.10 Å². The van der Waals surface area contributed by atoms with Crippen LogP contribution in [0.15, 0.2) is 84.0 Å². The number of methoxy groups -OCH3 is 1. The van der Waals surface area contributed by atoms with Crippen molar-refractivity contribution in [1.29, 1.82) is 0 Å². The third-order valence-corrected chi connectivity index (χ3v) is 4.68. The number of ether oxygens (including phenoxy) is 1. The average Bonchev–Trinajstić information content (AvgIpc) is 3.06. The van der Waals surface area contributed by atoms with Gasteiger partial charge in [0.05, 0.1) is 18.5 Å². The second kappa shape index (κ2) is 7.21. The van der Waals surface area contributed by atoms with Gasteiger partial charge >= 0.3 is 0 Å². The van der Waals surface area contributed by atoms with Crippen LogP contribution in [0.25, 0.3) is 0 Å². The first-order valence-corrected chi connectivity index (χ1v) is 8.68. The molecule has 0 saturated carbocycles. The molecule has 5 heteroatoms. The topological polar surface area (TPSA) is 45.1 Å². The normalized spacial score (nSPS) is 19.1. The van der Waals surface area contributed by atoms with E-state index < -0.39 is 12.1 Å². The highest BCUT2D eigenvalue weighted by Crippen LogP contribution is 2.37. The molecule has 2 atom stereocenters. The molecule has 0 radical (unpaired) electrons. The van der Waals surface area contributed by atoms with Gasteiger partial charge in [-0.25, -0.2) is 4.39 Å². The van der Waals surface area contributed by atoms with Crippen LogP contribution < -0.4 is 9.75 Å². The molecule has 0 saturated heterocycles. The number of aliphatic hydroxyl groups excluding tert-OH is 1. The number of halogens is 1. The summed E-state index contributed by atoms with van der Waals surface area (Å²) in [6.45, 7) is 0. The van der Waals surface area contributed by atoms with Crippen LogP contribution >= 0.6 is 0 Å². The van der Waals surface area contributed by atoms with Crippen LogP contribution in [0.2, 0.25) is 0 Å². The Labute approximate surface area is 157 Å². The molecule has 2 unspecified atom stereocenters. The molecular formula is C22H19FN2O2. The van der Waals surface area contributed by atoms with Gasteiger partial charge in [-0.3, -0.25) is 5.01 Å². The van der Waals surface area contributed by atoms with Gasteiger partial charge in [-0.05, 0) is 54.1 Å². The largest absolute Gasteiger partial charge is 0.497 e. The lowest BCUT2D eigenvalue weighted by molar-refractivity contribution is 0.217. The van der Waals surface area contributed by atoms with E-state index in [0.717, 1.165) is 22.6 Å². The lowest BCUT2D eigenvalue weighted by Crippen LogP contribution is -2.30. The molecule has 0 aliphatic carbocycles. The summed E-state index contributed by atoms with van der Waals surface area (Å²) < 4.78 is 18.6. The van der Waals surface area contributed by atoms with Crippen LogP contribution in [-0.4, -0.2) is 24.0 Å². The summed E-state index contributed by atoms with van der Waals surface area (Å²) in [6, 6.07) is 22.8. The maximum atomic E-state index is 13.4. The second-order valence-corrected chi connectivity index (χ2v) is 6.34. The molecular weight excluding hydrogens is 343 g/mol. The Hall–Kier alpha value is -3.18. The Bertz CT molecular complexity index is 940. The van der Waals surface area contributed by atoms with Gasteiger partial charge in [0, 0.05) is 5.56 Å². The summed E-state index contributed by atoms with van der Waals surface area (Å²) in [5.74, 6) is 0.427. The monoisotopic (exact) mass is 362 g/mol. The van der Waals surface area contributed by atoms with Crippen molar-refractivity contribution < 1.29 is 14.2 Å². The predicted molar refractivity (Wildman–Crippen MR) is 104 cm³/mol. The van der Waals surface area contributed by atoms with E-state index in [-0.39, 0.29) is 5.82 Å². The van der Waals surface area contributed by atoms with Crippen molar-refractivity contribution in [3.63, 3.8) is 0 Å². The van der Waals surface area contributed by atoms with Gasteiger partial charge in [0.25, 0.3) is 0 Å². The fraction of sp³-hybridized carbons (Fsp3) is 0.136. The Morgan fingerprint density at radius 2 is 1.59 bits per heavy atom. The minimum Gasteiger partial charge on any atom is -0.497 e. The highest BCUT2D eigenvalue weighted by atomic mass is 19.1. The number of hydrogen-bond acceptors (Lipinski definition) is 4. The fourth-order valence-electron chi connectivity index (χ4n) is 3.29. The zero-order valence-electron chi connectivity index (χ0n) is 14.8. The van der Waals surface area contributed by atoms with E-state index >= 15 is 0 Å². The van der Waals surface area contributed by atoms with Crippen LogP contribution in [0, 0.1) is 5.82 Å². The second-order valence-electron chi connectivity index (χ2n) is 6.34. The highest BCUT2D eigenvalue weighted by molar-refractivity contribution is 6.06. The van der Waals surface area contributed by atoms with Gasteiger partial charge in [-0.1, -0.05) is 30.3 Å². The number of rotatable bonds is 4. The SMILES string of the molecule is COc1ccc(C2=NN(c3ccccc3)C(c3ccc(F)cc3)C2O)cc1. The third-order valence-electron chi connectivity index (χ3n) is 4.68. The summed E-state index contributed by atoms with van der Waals surface area (Å²) in [6.07, 6.45) is -0.857. The molecule has 0 fully saturated rings. The summed E-state index contributed by atoms with van der Waals surface area (Å²) >= 11 is 0. The molecule has 4 rings (SSSR count). The van der Waals surface area contributed by atoms with Crippen molar-refractivity contribution in [1.82, 2.24) is 0 Å². The number of nitrogens with zero attached hydrogens (tertiary/aromatic N) is 2. The molecule has 0 amide bonds. The molecule has 0 aromatic heterocycles. The van der Waals surface area contributed by atoms with E-state index in [4.69, 9.17) is 9.84 Å². The number of benzene rings is 3. The maximum absolute atomic E-state index is 13.4. The summed E-state index contributed by atoms with van der Waals surface area (Å²) in [7, 11) is 1.61. The molecule has 4 nitrogen and oxygen atoms in total. The molecule has 1 heterocycles. The van der Waals surface area contributed by atoms with E-state index in [2.05, 4.69) is 0 Å². The van der Waals surface area contributed by atoms with Crippen molar-refractivity contribution in [2.45, 2.75) is 12.1 Å². The van der Waals surface area contributed by atoms with Crippen molar-refractivity contribution in [3.05, 3.63) is 95.8 Å². The quantitative estimate of drug-likeness (QED) is 0.758. The first-order valence-electron chi connectivity index (χ1n) is 8.68. The van der Waals surface area contributed by atoms with Crippen molar-refractivity contribution >= 4 is 11.4 Å². The Balaban J connectivity index is 1.77. The summed E-state index contributed by atoms with van der Waals surface area (Å²) in [5, 5.41) is 17.6. The van der Waals surface area contributed by atoms with Gasteiger partial charge in [0.15, 0.2) is 0 Å². The predicted octanol–water partition coefficient (Wildman–Crippen LogP) is 4.16. The number of aliphatic hydroxyl groups is 1. The first-order chi connectivity index (χ1) is 13.2. The molecule has 136 valence electrons. The number of para-hydroxylation sites is 1. The van der Waals surface area contributed by atoms with Gasteiger partial charge in [-0.15, -0.1) is 0 Å². The maximum Gasteiger partial charge on any atom is 0.125 e. The molecule has 1 aliphatic rings. The molecule has 3 aromatic carbocycles. The van der Waals surface area contributed by atoms with Crippen molar-refractivity contribution in [2.75, 3.05) is 12.1 Å². The molecule has 27 heavy (non-hydrogen) atoms. The van der Waals surface area contributed by atoms with Gasteiger partial charge in [-0.2, -0.15) is 5.10 Å². The number of hydrazone groups is 1. The molecule has 0 bridgehead atoms. The van der Waals surface area contributed by atoms with E-state index in [1.165, 1.54) is 12.1 Å². The molecule has 0 spiro atoms. The number of anilines is 1. The molecule has 1 aliphatic heterocycles. The summed E-state index contributed by atoms with van der Waals surface area (Å²) in [5.41, 5.74) is 3.03. The van der Waals surface area contributed by atoms with Crippen LogP contribution in [0.3, 0.4) is 0 Å². The first kappa shape index (κ1) is 17.2. The minimum atomic E-state index is -0.857. The molecule has 1 N–H and O–H groups in total. The lowest BCUT2D eigenvalue weighted by Gasteiger charge is -2.26. The zero-order chi connectivity index (χ0) is 18.8. The zero-order valence-corrected chi connectivity index (χ0v) is 14.8. The smallest absolute Gasteiger partial charge is 0.125 e. The average molecular weight is 362 g/mol. The standard InChI is InChI=1S/C22H19FN2O2/c1-27-19-13-9-15(10-14-19)20-22(26)21(16-7-11-17(23)12-8-16)25(24-20)18-5-3-2-4-6-18/h2-14,21-22,26H,1H3. The van der Waals surface area contributed by atoms with Gasteiger partial charge in [0.1, 0.15) is 23.7 Å². The Morgan fingerprint density at radius 1 is 0.926 bits per heavy atom. The van der Waals surface area contributed by atoms with Crippen LogP contribution in [0.4, 0.5) is 10.1 Å². The van der Waals surface area contributed by atoms with E-state index in [0.29, 0.717) is 5.71 Å². The van der Waals surface area contributed by atoms with Crippen LogP contribution in [0.5, 0.6) is 5.75 Å². The van der Waals surface area contributed by atoms with Gasteiger partial charge < -0.3 is 9.84 Å². The number of hydrogen-bond donors (Lipinski definition) is 1. The Morgan fingerprint density at radius 3 is 2.22 bits per heavy atom.